The fourth-order valence-corrected chi connectivity index (χ4v) is 1.56. The van der Waals surface area contributed by atoms with Crippen molar-refractivity contribution in [3.63, 3.8) is 0 Å². The number of carbonyl (C=O) groups is 2. The number of hydrogen-bond donors (Lipinski definition) is 2. The SMILES string of the molecule is CCC(C)(CNC(=O)c1cc(Cl)nnc1Cl)C(=O)O. The fraction of sp³-hybridized carbons (Fsp3) is 0.455. The molecule has 1 atom stereocenters. The molecule has 1 amide bonds. The van der Waals surface area contributed by atoms with Crippen LogP contribution in [0.2, 0.25) is 10.3 Å². The highest BCUT2D eigenvalue weighted by Crippen LogP contribution is 2.21. The molecule has 1 unspecified atom stereocenters. The second-order valence-electron chi connectivity index (χ2n) is 4.27. The van der Waals surface area contributed by atoms with Crippen LogP contribution in [0.4, 0.5) is 0 Å². The maximum absolute atomic E-state index is 11.9. The van der Waals surface area contributed by atoms with Crippen molar-refractivity contribution in [2.75, 3.05) is 6.54 Å². The number of rotatable bonds is 5. The number of carbonyl (C=O) groups excluding carboxylic acids is 1. The van der Waals surface area contributed by atoms with Gasteiger partial charge in [-0.2, -0.15) is 0 Å². The van der Waals surface area contributed by atoms with E-state index in [9.17, 15) is 9.59 Å². The lowest BCUT2D eigenvalue weighted by Gasteiger charge is -2.23. The summed E-state index contributed by atoms with van der Waals surface area (Å²) in [6.45, 7) is 3.26. The minimum atomic E-state index is -1.04. The van der Waals surface area contributed by atoms with Gasteiger partial charge in [-0.15, -0.1) is 10.2 Å². The molecule has 0 saturated carbocycles. The van der Waals surface area contributed by atoms with Crippen molar-refractivity contribution < 1.29 is 14.7 Å². The molecule has 0 aliphatic heterocycles. The molecule has 0 aliphatic rings. The molecule has 0 bridgehead atoms. The number of aliphatic carboxylic acids is 1. The molecule has 6 nitrogen and oxygen atoms in total. The van der Waals surface area contributed by atoms with E-state index in [1.165, 1.54) is 6.07 Å². The summed E-state index contributed by atoms with van der Waals surface area (Å²) in [5, 5.41) is 18.5. The molecule has 0 radical (unpaired) electrons. The number of aromatic nitrogens is 2. The molecule has 1 rings (SSSR count). The van der Waals surface area contributed by atoms with Crippen molar-refractivity contribution in [1.29, 1.82) is 0 Å². The fourth-order valence-electron chi connectivity index (χ4n) is 1.23. The first kappa shape index (κ1) is 15.7. The standard InChI is InChI=1S/C11H13Cl2N3O3/c1-3-11(2,10(18)19)5-14-9(17)6-4-7(12)15-16-8(6)13/h4H,3,5H2,1-2H3,(H,14,17)(H,18,19). The molecule has 0 spiro atoms. The van der Waals surface area contributed by atoms with Crippen LogP contribution in [0, 0.1) is 5.41 Å². The first-order chi connectivity index (χ1) is 8.80. The van der Waals surface area contributed by atoms with Crippen LogP contribution in [0.5, 0.6) is 0 Å². The molecule has 0 saturated heterocycles. The minimum absolute atomic E-state index is 0.0199. The van der Waals surface area contributed by atoms with Crippen molar-refractivity contribution in [2.24, 2.45) is 5.41 Å². The van der Waals surface area contributed by atoms with E-state index in [0.717, 1.165) is 0 Å². The summed E-state index contributed by atoms with van der Waals surface area (Å²) in [5.41, 5.74) is -0.975. The van der Waals surface area contributed by atoms with Gasteiger partial charge in [0.2, 0.25) is 0 Å². The highest BCUT2D eigenvalue weighted by molar-refractivity contribution is 6.34. The van der Waals surface area contributed by atoms with Gasteiger partial charge in [0.15, 0.2) is 10.3 Å². The van der Waals surface area contributed by atoms with Crippen LogP contribution in [0.15, 0.2) is 6.07 Å². The summed E-state index contributed by atoms with van der Waals surface area (Å²) < 4.78 is 0. The second kappa shape index (κ2) is 6.16. The van der Waals surface area contributed by atoms with Gasteiger partial charge in [-0.3, -0.25) is 9.59 Å². The lowest BCUT2D eigenvalue weighted by Crippen LogP contribution is -2.40. The largest absolute Gasteiger partial charge is 0.481 e. The van der Waals surface area contributed by atoms with Gasteiger partial charge < -0.3 is 10.4 Å². The van der Waals surface area contributed by atoms with Crippen molar-refractivity contribution in [2.45, 2.75) is 20.3 Å². The topological polar surface area (TPSA) is 92.2 Å². The Hall–Kier alpha value is -1.40. The van der Waals surface area contributed by atoms with Gasteiger partial charge in [0.1, 0.15) is 0 Å². The normalized spacial score (nSPS) is 13.7. The molecular weight excluding hydrogens is 293 g/mol. The summed E-state index contributed by atoms with van der Waals surface area (Å²) in [6.07, 6.45) is 0.381. The van der Waals surface area contributed by atoms with Gasteiger partial charge in [0, 0.05) is 6.54 Å². The zero-order valence-electron chi connectivity index (χ0n) is 10.4. The van der Waals surface area contributed by atoms with Gasteiger partial charge in [-0.1, -0.05) is 30.1 Å². The van der Waals surface area contributed by atoms with E-state index >= 15 is 0 Å². The van der Waals surface area contributed by atoms with E-state index in [2.05, 4.69) is 15.5 Å². The number of nitrogens with zero attached hydrogens (tertiary/aromatic N) is 2. The zero-order valence-corrected chi connectivity index (χ0v) is 11.9. The Morgan fingerprint density at radius 2 is 2.05 bits per heavy atom. The van der Waals surface area contributed by atoms with Gasteiger partial charge in [0.05, 0.1) is 11.0 Å². The quantitative estimate of drug-likeness (QED) is 0.868. The molecule has 19 heavy (non-hydrogen) atoms. The minimum Gasteiger partial charge on any atom is -0.481 e. The van der Waals surface area contributed by atoms with Crippen LogP contribution in [0.25, 0.3) is 0 Å². The van der Waals surface area contributed by atoms with Crippen molar-refractivity contribution >= 4 is 35.1 Å². The number of carboxylic acids is 1. The Bertz CT molecular complexity index is 510. The van der Waals surface area contributed by atoms with Crippen LogP contribution >= 0.6 is 23.2 Å². The molecule has 0 aromatic carbocycles. The lowest BCUT2D eigenvalue weighted by molar-refractivity contribution is -0.147. The molecular formula is C11H13Cl2N3O3. The molecule has 1 heterocycles. The maximum Gasteiger partial charge on any atom is 0.311 e. The Labute approximate surface area is 120 Å². The van der Waals surface area contributed by atoms with Crippen LogP contribution in [0.3, 0.4) is 0 Å². The first-order valence-electron chi connectivity index (χ1n) is 5.50. The maximum atomic E-state index is 11.9. The van der Waals surface area contributed by atoms with E-state index in [0.29, 0.717) is 6.42 Å². The highest BCUT2D eigenvalue weighted by atomic mass is 35.5. The first-order valence-corrected chi connectivity index (χ1v) is 6.26. The van der Waals surface area contributed by atoms with Crippen LogP contribution in [-0.4, -0.2) is 33.7 Å². The average Bonchev–Trinajstić information content (AvgIpc) is 2.38. The summed E-state index contributed by atoms with van der Waals surface area (Å²) in [4.78, 5) is 23.0. The van der Waals surface area contributed by atoms with Crippen LogP contribution in [0.1, 0.15) is 30.6 Å². The Morgan fingerprint density at radius 3 is 2.58 bits per heavy atom. The third-order valence-corrected chi connectivity index (χ3v) is 3.36. The average molecular weight is 306 g/mol. The summed E-state index contributed by atoms with van der Waals surface area (Å²) >= 11 is 11.4. The molecule has 1 aromatic rings. The van der Waals surface area contributed by atoms with Gasteiger partial charge in [-0.05, 0) is 19.4 Å². The zero-order chi connectivity index (χ0) is 14.6. The third-order valence-electron chi connectivity index (χ3n) is 2.90. The summed E-state index contributed by atoms with van der Waals surface area (Å²) in [5.74, 6) is -1.52. The molecule has 2 N–H and O–H groups in total. The molecule has 1 aromatic heterocycles. The highest BCUT2D eigenvalue weighted by Gasteiger charge is 2.31. The number of carboxylic acid groups (broad SMARTS) is 1. The second-order valence-corrected chi connectivity index (χ2v) is 5.02. The lowest BCUT2D eigenvalue weighted by atomic mass is 9.87. The smallest absolute Gasteiger partial charge is 0.311 e. The molecule has 0 fully saturated rings. The predicted octanol–water partition coefficient (Wildman–Crippen LogP) is 2.01. The van der Waals surface area contributed by atoms with E-state index in [1.807, 2.05) is 0 Å². The van der Waals surface area contributed by atoms with E-state index < -0.39 is 17.3 Å². The van der Waals surface area contributed by atoms with Gasteiger partial charge >= 0.3 is 5.97 Å². The van der Waals surface area contributed by atoms with Crippen LogP contribution in [-0.2, 0) is 4.79 Å². The number of amides is 1. The number of halogens is 2. The Balaban J connectivity index is 2.81. The monoisotopic (exact) mass is 305 g/mol. The van der Waals surface area contributed by atoms with Gasteiger partial charge in [-0.25, -0.2) is 0 Å². The van der Waals surface area contributed by atoms with E-state index in [-0.39, 0.29) is 22.4 Å². The Kier molecular flexibility index (Phi) is 5.08. The van der Waals surface area contributed by atoms with Gasteiger partial charge in [0.25, 0.3) is 5.91 Å². The number of nitrogens with one attached hydrogen (secondary N) is 1. The molecule has 8 heteroatoms. The summed E-state index contributed by atoms with van der Waals surface area (Å²) in [7, 11) is 0. The predicted molar refractivity (Wildman–Crippen MR) is 70.4 cm³/mol. The molecule has 104 valence electrons. The number of hydrogen-bond acceptors (Lipinski definition) is 4. The van der Waals surface area contributed by atoms with Crippen molar-refractivity contribution in [1.82, 2.24) is 15.5 Å². The van der Waals surface area contributed by atoms with Crippen molar-refractivity contribution in [3.8, 4) is 0 Å². The third kappa shape index (κ3) is 3.78. The van der Waals surface area contributed by atoms with E-state index in [1.54, 1.807) is 13.8 Å². The van der Waals surface area contributed by atoms with Crippen molar-refractivity contribution in [3.05, 3.63) is 21.9 Å². The molecule has 0 aliphatic carbocycles. The van der Waals surface area contributed by atoms with Crippen LogP contribution < -0.4 is 5.32 Å². The van der Waals surface area contributed by atoms with E-state index in [4.69, 9.17) is 28.3 Å². The Morgan fingerprint density at radius 1 is 1.42 bits per heavy atom. The summed E-state index contributed by atoms with van der Waals surface area (Å²) in [6, 6.07) is 1.27.